The van der Waals surface area contributed by atoms with E-state index in [0.717, 1.165) is 0 Å². The number of methoxy groups -OCH3 is 1. The van der Waals surface area contributed by atoms with Crippen molar-refractivity contribution in [3.63, 3.8) is 0 Å². The maximum absolute atomic E-state index is 11.2. The zero-order valence-electron chi connectivity index (χ0n) is 7.87. The Morgan fingerprint density at radius 3 is 2.86 bits per heavy atom. The van der Waals surface area contributed by atoms with E-state index in [-0.39, 0.29) is 16.9 Å². The highest BCUT2D eigenvalue weighted by Gasteiger charge is 2.14. The van der Waals surface area contributed by atoms with Crippen molar-refractivity contribution in [2.45, 2.75) is 6.92 Å². The second-order valence-corrected chi connectivity index (χ2v) is 2.66. The molecule has 0 fully saturated rings. The van der Waals surface area contributed by atoms with E-state index in [0.29, 0.717) is 5.69 Å². The highest BCUT2D eigenvalue weighted by atomic mass is 16.5. The summed E-state index contributed by atoms with van der Waals surface area (Å²) in [4.78, 5) is 15.1. The summed E-state index contributed by atoms with van der Waals surface area (Å²) in [5.74, 6) is -0.565. The SMILES string of the molecule is COC(=O)c1cc(C#N)nc(C)c1N. The number of nitrogen functional groups attached to an aromatic ring is 1. The number of pyridine rings is 1. The van der Waals surface area contributed by atoms with Gasteiger partial charge in [0.2, 0.25) is 0 Å². The number of nitrogens with two attached hydrogens (primary N) is 1. The number of aromatic nitrogens is 1. The molecular formula is C9H9N3O2. The van der Waals surface area contributed by atoms with E-state index < -0.39 is 5.97 Å². The first-order chi connectivity index (χ1) is 6.60. The van der Waals surface area contributed by atoms with Crippen LogP contribution in [0.4, 0.5) is 5.69 Å². The fourth-order valence-corrected chi connectivity index (χ4v) is 1.02. The molecule has 0 amide bonds. The van der Waals surface area contributed by atoms with E-state index >= 15 is 0 Å². The Kier molecular flexibility index (Phi) is 2.67. The number of hydrogen-bond acceptors (Lipinski definition) is 5. The second-order valence-electron chi connectivity index (χ2n) is 2.66. The van der Waals surface area contributed by atoms with E-state index in [1.807, 2.05) is 6.07 Å². The van der Waals surface area contributed by atoms with Gasteiger partial charge in [0, 0.05) is 0 Å². The van der Waals surface area contributed by atoms with E-state index in [2.05, 4.69) is 9.72 Å². The van der Waals surface area contributed by atoms with Crippen LogP contribution in [0.3, 0.4) is 0 Å². The standard InChI is InChI=1S/C9H9N3O2/c1-5-8(11)7(9(13)14-2)3-6(4-10)12-5/h3H,11H2,1-2H3. The third-order valence-corrected chi connectivity index (χ3v) is 1.77. The van der Waals surface area contributed by atoms with Gasteiger partial charge in [-0.25, -0.2) is 9.78 Å². The number of hydrogen-bond donors (Lipinski definition) is 1. The summed E-state index contributed by atoms with van der Waals surface area (Å²) < 4.78 is 4.52. The molecule has 0 bridgehead atoms. The highest BCUT2D eigenvalue weighted by molar-refractivity contribution is 5.95. The van der Waals surface area contributed by atoms with Crippen molar-refractivity contribution in [2.24, 2.45) is 0 Å². The lowest BCUT2D eigenvalue weighted by Gasteiger charge is -2.05. The maximum atomic E-state index is 11.2. The smallest absolute Gasteiger partial charge is 0.340 e. The molecule has 0 aliphatic heterocycles. The number of nitriles is 1. The van der Waals surface area contributed by atoms with Gasteiger partial charge in [0.25, 0.3) is 0 Å². The lowest BCUT2D eigenvalue weighted by Crippen LogP contribution is -2.09. The van der Waals surface area contributed by atoms with Crippen LogP contribution in [0.2, 0.25) is 0 Å². The molecule has 5 heteroatoms. The van der Waals surface area contributed by atoms with Crippen molar-refractivity contribution in [3.8, 4) is 6.07 Å². The molecule has 5 nitrogen and oxygen atoms in total. The van der Waals surface area contributed by atoms with E-state index in [1.165, 1.54) is 13.2 Å². The van der Waals surface area contributed by atoms with Gasteiger partial charge in [-0.15, -0.1) is 0 Å². The van der Waals surface area contributed by atoms with E-state index in [9.17, 15) is 4.79 Å². The van der Waals surface area contributed by atoms with E-state index in [1.54, 1.807) is 6.92 Å². The van der Waals surface area contributed by atoms with E-state index in [4.69, 9.17) is 11.0 Å². The molecule has 0 aromatic carbocycles. The van der Waals surface area contributed by atoms with Gasteiger partial charge in [-0.2, -0.15) is 5.26 Å². The summed E-state index contributed by atoms with van der Waals surface area (Å²) in [7, 11) is 1.25. The number of esters is 1. The van der Waals surface area contributed by atoms with Gasteiger partial charge in [-0.05, 0) is 13.0 Å². The van der Waals surface area contributed by atoms with Gasteiger partial charge in [0.1, 0.15) is 11.8 Å². The van der Waals surface area contributed by atoms with Crippen molar-refractivity contribution in [1.29, 1.82) is 5.26 Å². The summed E-state index contributed by atoms with van der Waals surface area (Å²) >= 11 is 0. The molecule has 0 saturated carbocycles. The van der Waals surface area contributed by atoms with Crippen LogP contribution in [0.25, 0.3) is 0 Å². The van der Waals surface area contributed by atoms with Gasteiger partial charge in [-0.1, -0.05) is 0 Å². The molecule has 0 aliphatic rings. The van der Waals surface area contributed by atoms with Gasteiger partial charge in [-0.3, -0.25) is 0 Å². The first kappa shape index (κ1) is 9.99. The highest BCUT2D eigenvalue weighted by Crippen LogP contribution is 2.16. The van der Waals surface area contributed by atoms with Crippen LogP contribution in [-0.2, 0) is 4.74 Å². The third-order valence-electron chi connectivity index (χ3n) is 1.77. The van der Waals surface area contributed by atoms with Crippen molar-refractivity contribution < 1.29 is 9.53 Å². The average Bonchev–Trinajstić information content (AvgIpc) is 2.20. The Hall–Kier alpha value is -2.09. The predicted molar refractivity (Wildman–Crippen MR) is 49.4 cm³/mol. The molecule has 14 heavy (non-hydrogen) atoms. The molecule has 1 rings (SSSR count). The maximum Gasteiger partial charge on any atom is 0.340 e. The topological polar surface area (TPSA) is 89.0 Å². The van der Waals surface area contributed by atoms with Crippen molar-refractivity contribution in [2.75, 3.05) is 12.8 Å². The average molecular weight is 191 g/mol. The van der Waals surface area contributed by atoms with Gasteiger partial charge in [0.05, 0.1) is 24.1 Å². The number of carbonyl (C=O) groups is 1. The molecule has 0 aliphatic carbocycles. The normalized spacial score (nSPS) is 9.21. The zero-order valence-corrected chi connectivity index (χ0v) is 7.87. The first-order valence-electron chi connectivity index (χ1n) is 3.85. The summed E-state index contributed by atoms with van der Waals surface area (Å²) in [6.07, 6.45) is 0. The number of ether oxygens (including phenoxy) is 1. The molecule has 1 heterocycles. The molecule has 1 aromatic rings. The van der Waals surface area contributed by atoms with Crippen LogP contribution < -0.4 is 5.73 Å². The lowest BCUT2D eigenvalue weighted by atomic mass is 10.1. The largest absolute Gasteiger partial charge is 0.465 e. The van der Waals surface area contributed by atoms with Crippen LogP contribution in [0.1, 0.15) is 21.7 Å². The molecule has 0 radical (unpaired) electrons. The minimum atomic E-state index is -0.565. The van der Waals surface area contributed by atoms with Gasteiger partial charge in [0.15, 0.2) is 0 Å². The third kappa shape index (κ3) is 1.64. The molecule has 0 saturated heterocycles. The Morgan fingerprint density at radius 1 is 1.71 bits per heavy atom. The lowest BCUT2D eigenvalue weighted by molar-refractivity contribution is 0.0601. The van der Waals surface area contributed by atoms with Crippen LogP contribution in [0.5, 0.6) is 0 Å². The summed E-state index contributed by atoms with van der Waals surface area (Å²) in [6, 6.07) is 3.15. The summed E-state index contributed by atoms with van der Waals surface area (Å²) in [5.41, 5.74) is 6.63. The fourth-order valence-electron chi connectivity index (χ4n) is 1.02. The van der Waals surface area contributed by atoms with Crippen LogP contribution in [0, 0.1) is 18.3 Å². The molecule has 0 spiro atoms. The quantitative estimate of drug-likeness (QED) is 0.657. The Balaban J connectivity index is 3.36. The first-order valence-corrected chi connectivity index (χ1v) is 3.85. The molecule has 2 N–H and O–H groups in total. The van der Waals surface area contributed by atoms with Crippen LogP contribution in [-0.4, -0.2) is 18.1 Å². The fraction of sp³-hybridized carbons (Fsp3) is 0.222. The van der Waals surface area contributed by atoms with Crippen molar-refractivity contribution in [3.05, 3.63) is 23.0 Å². The van der Waals surface area contributed by atoms with Crippen LogP contribution >= 0.6 is 0 Å². The predicted octanol–water partition coefficient (Wildman–Crippen LogP) is 0.630. The minimum absolute atomic E-state index is 0.150. The van der Waals surface area contributed by atoms with Gasteiger partial charge < -0.3 is 10.5 Å². The second kappa shape index (κ2) is 3.75. The van der Waals surface area contributed by atoms with Gasteiger partial charge >= 0.3 is 5.97 Å². The number of carbonyl (C=O) groups excluding carboxylic acids is 1. The zero-order chi connectivity index (χ0) is 10.7. The molecule has 0 unspecified atom stereocenters. The minimum Gasteiger partial charge on any atom is -0.465 e. The Bertz CT molecular complexity index is 421. The Morgan fingerprint density at radius 2 is 2.36 bits per heavy atom. The van der Waals surface area contributed by atoms with Crippen LogP contribution in [0.15, 0.2) is 6.07 Å². The Labute approximate surface area is 81.1 Å². The summed E-state index contributed by atoms with van der Waals surface area (Å²) in [5, 5.41) is 8.63. The molecule has 1 aromatic heterocycles. The molecular weight excluding hydrogens is 182 g/mol. The van der Waals surface area contributed by atoms with Crippen molar-refractivity contribution in [1.82, 2.24) is 4.98 Å². The number of nitrogens with zero attached hydrogens (tertiary/aromatic N) is 2. The number of aryl methyl sites for hydroxylation is 1. The molecule has 0 atom stereocenters. The summed E-state index contributed by atoms with van der Waals surface area (Å²) in [6.45, 7) is 1.63. The molecule has 72 valence electrons. The number of rotatable bonds is 1. The number of anilines is 1. The monoisotopic (exact) mass is 191 g/mol. The van der Waals surface area contributed by atoms with Crippen molar-refractivity contribution >= 4 is 11.7 Å².